The number of rotatable bonds is 6. The maximum Gasteiger partial charge on any atom is 0.113 e. The minimum Gasteiger partial charge on any atom is -0.347 e. The van der Waals surface area contributed by atoms with Crippen molar-refractivity contribution >= 4 is 29.4 Å². The molecule has 218 valence electrons. The van der Waals surface area contributed by atoms with Gasteiger partial charge in [-0.1, -0.05) is 75.9 Å². The van der Waals surface area contributed by atoms with Crippen LogP contribution in [0.15, 0.2) is 71.6 Å². The van der Waals surface area contributed by atoms with Crippen molar-refractivity contribution in [3.8, 4) is 0 Å². The number of fused-ring (bicyclic) bond motifs is 2. The molecule has 0 atom stereocenters. The van der Waals surface area contributed by atoms with Crippen LogP contribution in [-0.4, -0.2) is 20.7 Å². The van der Waals surface area contributed by atoms with E-state index in [1.54, 1.807) is 0 Å². The Labute approximate surface area is 253 Å². The zero-order valence-corrected chi connectivity index (χ0v) is 27.5. The zero-order chi connectivity index (χ0) is 28.8. The molecule has 41 heavy (non-hydrogen) atoms. The van der Waals surface area contributed by atoms with Crippen molar-refractivity contribution in [2.75, 3.05) is 30.5 Å². The number of hydrogen-bond acceptors (Lipinski definition) is 4. The van der Waals surface area contributed by atoms with E-state index in [-0.39, 0.29) is 10.8 Å². The van der Waals surface area contributed by atoms with Gasteiger partial charge in [-0.3, -0.25) is 0 Å². The van der Waals surface area contributed by atoms with E-state index in [0.29, 0.717) is 5.41 Å². The van der Waals surface area contributed by atoms with Gasteiger partial charge in [0, 0.05) is 47.7 Å². The Morgan fingerprint density at radius 3 is 1.59 bits per heavy atom. The third kappa shape index (κ3) is 4.50. The van der Waals surface area contributed by atoms with Crippen LogP contribution in [0.1, 0.15) is 83.8 Å². The van der Waals surface area contributed by atoms with E-state index in [1.165, 1.54) is 78.8 Å². The Morgan fingerprint density at radius 1 is 0.756 bits per heavy atom. The summed E-state index contributed by atoms with van der Waals surface area (Å²) in [5.41, 5.74) is 8.05. The van der Waals surface area contributed by atoms with Crippen LogP contribution in [0, 0.1) is 23.2 Å². The van der Waals surface area contributed by atoms with Crippen molar-refractivity contribution in [2.24, 2.45) is 23.2 Å². The lowest BCUT2D eigenvalue weighted by Crippen LogP contribution is -2.46. The molecule has 0 unspecified atom stereocenters. The van der Waals surface area contributed by atoms with Crippen LogP contribution in [0.5, 0.6) is 0 Å². The molecular weight excluding hydrogens is 539 g/mol. The number of likely N-dealkylation sites (N-methyl/N-ethyl adjacent to an activating group) is 2. The topological polar surface area (TPSA) is 15.7 Å². The average molecular weight is 587 g/mol. The molecule has 2 aromatic rings. The Hall–Kier alpha value is -1.87. The van der Waals surface area contributed by atoms with E-state index in [2.05, 4.69) is 112 Å². The molecule has 0 aromatic heterocycles. The quantitative estimate of drug-likeness (QED) is 0.313. The Kier molecular flexibility index (Phi) is 6.52. The number of para-hydroxylation sites is 2. The molecule has 2 aromatic carbocycles. The van der Waals surface area contributed by atoms with Crippen molar-refractivity contribution < 1.29 is 4.52 Å². The number of anilines is 2. The highest BCUT2D eigenvalue weighted by atomic mass is 32.4. The molecule has 4 fully saturated rings. The predicted octanol–water partition coefficient (Wildman–Crippen LogP) is 9.54. The van der Waals surface area contributed by atoms with Crippen LogP contribution < -0.4 is 9.80 Å². The molecule has 3 nitrogen and oxygen atoms in total. The minimum atomic E-state index is -2.49. The Bertz CT molecular complexity index is 1370. The average Bonchev–Trinajstić information content (AvgIpc) is 3.22. The molecule has 4 saturated carbocycles. The summed E-state index contributed by atoms with van der Waals surface area (Å²) in [6.07, 6.45) is 7.39. The number of nitrogens with zero attached hydrogens (tertiary/aromatic N) is 2. The van der Waals surface area contributed by atoms with E-state index < -0.39 is 6.26 Å². The minimum absolute atomic E-state index is 0.128. The monoisotopic (exact) mass is 586 g/mol. The maximum absolute atomic E-state index is 7.09. The third-order valence-electron chi connectivity index (χ3n) is 11.6. The van der Waals surface area contributed by atoms with Gasteiger partial charge < -0.3 is 14.3 Å². The van der Waals surface area contributed by atoms with Gasteiger partial charge in [-0.2, -0.15) is 0 Å². The van der Waals surface area contributed by atoms with Crippen LogP contribution in [-0.2, 0) is 27.2 Å². The smallest absolute Gasteiger partial charge is 0.113 e. The summed E-state index contributed by atoms with van der Waals surface area (Å²) < 4.78 is 7.09. The molecule has 0 radical (unpaired) electrons. The largest absolute Gasteiger partial charge is 0.347 e. The highest BCUT2D eigenvalue weighted by Crippen LogP contribution is 2.63. The molecular formula is C36H47N2OPS. The highest BCUT2D eigenvalue weighted by Gasteiger charge is 2.50. The first-order chi connectivity index (χ1) is 19.4. The fraction of sp³-hybridized carbons (Fsp3) is 0.556. The van der Waals surface area contributed by atoms with Gasteiger partial charge in [0.25, 0.3) is 0 Å². The van der Waals surface area contributed by atoms with Gasteiger partial charge in [-0.25, -0.2) is 0 Å². The summed E-state index contributed by atoms with van der Waals surface area (Å²) in [7, 11) is 4.40. The van der Waals surface area contributed by atoms with Gasteiger partial charge in [0.2, 0.25) is 0 Å². The van der Waals surface area contributed by atoms with E-state index in [0.717, 1.165) is 24.4 Å². The summed E-state index contributed by atoms with van der Waals surface area (Å²) in [4.78, 5) is 4.71. The second kappa shape index (κ2) is 9.57. The number of hydrogen-bond donors (Lipinski definition) is 0. The molecule has 4 bridgehead atoms. The molecule has 0 N–H and O–H groups in total. The van der Waals surface area contributed by atoms with E-state index in [4.69, 9.17) is 16.3 Å². The predicted molar refractivity (Wildman–Crippen MR) is 177 cm³/mol. The molecule has 0 amide bonds. The van der Waals surface area contributed by atoms with Crippen molar-refractivity contribution in [3.63, 3.8) is 0 Å². The summed E-state index contributed by atoms with van der Waals surface area (Å²) in [6, 6.07) is 17.6. The summed E-state index contributed by atoms with van der Waals surface area (Å²) >= 11 is 6.70. The summed E-state index contributed by atoms with van der Waals surface area (Å²) in [6.45, 7) is 10.1. The summed E-state index contributed by atoms with van der Waals surface area (Å²) in [5.74, 6) is 7.65. The molecule has 4 aliphatic carbocycles. The fourth-order valence-corrected chi connectivity index (χ4v) is 13.0. The van der Waals surface area contributed by atoms with Crippen LogP contribution in [0.2, 0.25) is 0 Å². The van der Waals surface area contributed by atoms with Gasteiger partial charge in [0.1, 0.15) is 6.26 Å². The first-order valence-corrected chi connectivity index (χ1v) is 18.6. The van der Waals surface area contributed by atoms with E-state index >= 15 is 0 Å². The van der Waals surface area contributed by atoms with Crippen LogP contribution in [0.3, 0.4) is 0 Å². The standard InChI is InChI=1S/C36H47N2OPS/c1-34(2)28-11-7-9-13-30(28)37(5)32(34)23-40(41,24-33-35(3,4)29-12-8-10-14-31(29)38(33)6)39-16-15-36-20-25-17-26(21-36)19-27(18-25)22-36/h7-14,23-27H,15-22H2,1-6H3/b32-23+,33-24+. The second-order valence-electron chi connectivity index (χ2n) is 15.1. The molecule has 0 spiro atoms. The van der Waals surface area contributed by atoms with Crippen LogP contribution >= 0.6 is 6.26 Å². The number of allylic oxidation sites excluding steroid dienone is 2. The number of benzene rings is 2. The van der Waals surface area contributed by atoms with E-state index in [9.17, 15) is 0 Å². The van der Waals surface area contributed by atoms with Gasteiger partial charge in [-0.05, 0) is 103 Å². The Balaban J connectivity index is 1.25. The van der Waals surface area contributed by atoms with Crippen molar-refractivity contribution in [3.05, 3.63) is 82.7 Å². The first-order valence-electron chi connectivity index (χ1n) is 15.8. The lowest BCUT2D eigenvalue weighted by atomic mass is 9.49. The Morgan fingerprint density at radius 2 is 1.17 bits per heavy atom. The fourth-order valence-electron chi connectivity index (χ4n) is 9.91. The first kappa shape index (κ1) is 27.9. The van der Waals surface area contributed by atoms with Crippen molar-refractivity contribution in [1.29, 1.82) is 0 Å². The molecule has 5 heteroatoms. The highest BCUT2D eigenvalue weighted by molar-refractivity contribution is 8.15. The SMILES string of the molecule is CN1/C(=C/P(=S)(/C=C2/N(C)c3ccccc3C2(C)C)OCCC23CC4CC(CC(C4)C2)C3)C(C)(C)c2ccccc21. The van der Waals surface area contributed by atoms with Crippen LogP contribution in [0.4, 0.5) is 11.4 Å². The normalized spacial score (nSPS) is 32.7. The maximum atomic E-state index is 7.09. The molecule has 8 rings (SSSR count). The van der Waals surface area contributed by atoms with Crippen molar-refractivity contribution in [2.45, 2.75) is 83.5 Å². The van der Waals surface area contributed by atoms with Gasteiger partial charge in [0.05, 0.1) is 6.61 Å². The van der Waals surface area contributed by atoms with Crippen LogP contribution in [0.25, 0.3) is 0 Å². The summed E-state index contributed by atoms with van der Waals surface area (Å²) in [5, 5.41) is 0. The lowest BCUT2D eigenvalue weighted by Gasteiger charge is -2.57. The van der Waals surface area contributed by atoms with Gasteiger partial charge >= 0.3 is 0 Å². The lowest BCUT2D eigenvalue weighted by molar-refractivity contribution is -0.0617. The molecule has 2 aliphatic heterocycles. The van der Waals surface area contributed by atoms with E-state index in [1.807, 2.05) is 0 Å². The zero-order valence-electron chi connectivity index (χ0n) is 25.8. The third-order valence-corrected chi connectivity index (χ3v) is 14.3. The molecule has 2 heterocycles. The molecule has 6 aliphatic rings. The van der Waals surface area contributed by atoms with Gasteiger partial charge in [0.15, 0.2) is 0 Å². The molecule has 0 saturated heterocycles. The second-order valence-corrected chi connectivity index (χ2v) is 18.9. The van der Waals surface area contributed by atoms with Crippen molar-refractivity contribution in [1.82, 2.24) is 0 Å². The van der Waals surface area contributed by atoms with Gasteiger partial charge in [-0.15, -0.1) is 0 Å².